The maximum atomic E-state index is 15.4. The van der Waals surface area contributed by atoms with Crippen molar-refractivity contribution in [1.29, 1.82) is 0 Å². The summed E-state index contributed by atoms with van der Waals surface area (Å²) in [4.78, 5) is 21.9. The highest BCUT2D eigenvalue weighted by atomic mass is 19.3. The molecule has 0 aliphatic carbocycles. The molecule has 0 saturated carbocycles. The minimum Gasteiger partial charge on any atom is -0.415 e. The summed E-state index contributed by atoms with van der Waals surface area (Å²) in [5.41, 5.74) is 2.59. The highest BCUT2D eigenvalue weighted by Crippen LogP contribution is 2.37. The van der Waals surface area contributed by atoms with Gasteiger partial charge in [0, 0.05) is 45.5 Å². The molecule has 5 rings (SSSR count). The van der Waals surface area contributed by atoms with Gasteiger partial charge in [0.1, 0.15) is 5.82 Å². The second kappa shape index (κ2) is 10.7. The molecule has 0 atom stereocenters. The Morgan fingerprint density at radius 1 is 1.19 bits per heavy atom. The molecule has 1 aromatic carbocycles. The molecule has 13 heteroatoms. The maximum absolute atomic E-state index is 15.4. The molecule has 0 radical (unpaired) electrons. The Hall–Kier alpha value is -3.71. The second-order valence-electron chi connectivity index (χ2n) is 8.87. The number of carbonyl (C=O) groups excluding carboxylic acids is 1. The van der Waals surface area contributed by atoms with Gasteiger partial charge in [-0.05, 0) is 18.2 Å². The van der Waals surface area contributed by atoms with Crippen LogP contribution in [0, 0.1) is 5.82 Å². The third-order valence-electron chi connectivity index (χ3n) is 6.42. The van der Waals surface area contributed by atoms with Crippen molar-refractivity contribution in [2.45, 2.75) is 19.0 Å². The number of aromatic nitrogens is 3. The summed E-state index contributed by atoms with van der Waals surface area (Å²) in [6.45, 7) is 3.93. The predicted molar refractivity (Wildman–Crippen MR) is 129 cm³/mol. The fourth-order valence-electron chi connectivity index (χ4n) is 4.34. The van der Waals surface area contributed by atoms with E-state index < -0.39 is 12.3 Å². The van der Waals surface area contributed by atoms with Crippen molar-refractivity contribution < 1.29 is 27.1 Å². The predicted octanol–water partition coefficient (Wildman–Crippen LogP) is 2.62. The summed E-state index contributed by atoms with van der Waals surface area (Å²) < 4.78 is 51.1. The Bertz CT molecular complexity index is 1230. The number of nitrogens with zero attached hydrogens (tertiary/aromatic N) is 6. The molecule has 2 saturated heterocycles. The largest absolute Gasteiger partial charge is 0.415 e. The molecule has 37 heavy (non-hydrogen) atoms. The Kier molecular flexibility index (Phi) is 7.24. The number of piperazine rings is 1. The van der Waals surface area contributed by atoms with Crippen LogP contribution in [-0.2, 0) is 16.1 Å². The van der Waals surface area contributed by atoms with Gasteiger partial charge in [0.25, 0.3) is 5.89 Å². The first kappa shape index (κ1) is 25.0. The number of hydrogen-bond acceptors (Lipinski definition) is 9. The van der Waals surface area contributed by atoms with E-state index in [0.29, 0.717) is 61.2 Å². The molecule has 3 aromatic rings. The first-order valence-electron chi connectivity index (χ1n) is 11.8. The summed E-state index contributed by atoms with van der Waals surface area (Å²) >= 11 is 0. The van der Waals surface area contributed by atoms with E-state index >= 15 is 4.39 Å². The normalized spacial score (nSPS) is 16.1. The van der Waals surface area contributed by atoms with E-state index in [1.807, 2.05) is 4.90 Å². The molecule has 0 spiro atoms. The van der Waals surface area contributed by atoms with Crippen LogP contribution in [0.25, 0.3) is 11.5 Å². The number of pyridine rings is 1. The van der Waals surface area contributed by atoms with Crippen LogP contribution in [0.3, 0.4) is 0 Å². The summed E-state index contributed by atoms with van der Waals surface area (Å²) in [5.74, 6) is -1.19. The zero-order valence-electron chi connectivity index (χ0n) is 20.1. The van der Waals surface area contributed by atoms with E-state index in [-0.39, 0.29) is 17.7 Å². The van der Waals surface area contributed by atoms with Crippen LogP contribution in [0.4, 0.5) is 30.2 Å². The Labute approximate surface area is 211 Å². The van der Waals surface area contributed by atoms with E-state index in [9.17, 15) is 13.6 Å². The van der Waals surface area contributed by atoms with E-state index in [1.54, 1.807) is 35.0 Å². The molecule has 10 nitrogen and oxygen atoms in total. The summed E-state index contributed by atoms with van der Waals surface area (Å²) in [5, 5.41) is 10.2. The molecule has 2 aliphatic heterocycles. The molecule has 4 heterocycles. The third kappa shape index (κ3) is 5.23. The number of benzene rings is 1. The van der Waals surface area contributed by atoms with Gasteiger partial charge in [-0.15, -0.1) is 10.2 Å². The number of anilines is 3. The van der Waals surface area contributed by atoms with Gasteiger partial charge in [0.15, 0.2) is 0 Å². The van der Waals surface area contributed by atoms with Crippen LogP contribution >= 0.6 is 0 Å². The van der Waals surface area contributed by atoms with E-state index in [0.717, 1.165) is 19.5 Å². The van der Waals surface area contributed by atoms with Gasteiger partial charge >= 0.3 is 6.43 Å². The lowest BCUT2D eigenvalue weighted by molar-refractivity contribution is -0.110. The fourth-order valence-corrected chi connectivity index (χ4v) is 4.34. The molecular formula is C24H26F3N7O3. The minimum absolute atomic E-state index is 0.0556. The Morgan fingerprint density at radius 2 is 1.97 bits per heavy atom. The number of ether oxygens (including phenoxy) is 1. The molecule has 1 amide bonds. The monoisotopic (exact) mass is 517 g/mol. The molecular weight excluding hydrogens is 491 g/mol. The zero-order chi connectivity index (χ0) is 25.9. The van der Waals surface area contributed by atoms with Crippen molar-refractivity contribution in [3.63, 3.8) is 0 Å². The lowest BCUT2D eigenvalue weighted by atomic mass is 10.1. The Morgan fingerprint density at radius 3 is 2.57 bits per heavy atom. The summed E-state index contributed by atoms with van der Waals surface area (Å²) in [6.07, 6.45) is -0.651. The lowest BCUT2D eigenvalue weighted by Crippen LogP contribution is -2.49. The number of alkyl halides is 2. The highest BCUT2D eigenvalue weighted by Gasteiger charge is 2.30. The molecule has 196 valence electrons. The van der Waals surface area contributed by atoms with Gasteiger partial charge in [-0.2, -0.15) is 8.78 Å². The molecule has 2 fully saturated rings. The van der Waals surface area contributed by atoms with Crippen molar-refractivity contribution in [1.82, 2.24) is 20.5 Å². The van der Waals surface area contributed by atoms with Crippen molar-refractivity contribution in [3.8, 4) is 11.5 Å². The van der Waals surface area contributed by atoms with Crippen LogP contribution < -0.4 is 20.0 Å². The van der Waals surface area contributed by atoms with Crippen LogP contribution in [0.2, 0.25) is 0 Å². The first-order chi connectivity index (χ1) is 17.9. The molecule has 0 unspecified atom stereocenters. The van der Waals surface area contributed by atoms with Gasteiger partial charge in [-0.25, -0.2) is 4.39 Å². The van der Waals surface area contributed by atoms with Gasteiger partial charge in [0.05, 0.1) is 54.1 Å². The van der Waals surface area contributed by atoms with Crippen molar-refractivity contribution in [3.05, 3.63) is 47.9 Å². The Balaban J connectivity index is 1.41. The van der Waals surface area contributed by atoms with Crippen LogP contribution in [0.15, 0.2) is 34.9 Å². The SMILES string of the molecule is CN(Cc1ccc(-c2nnc(C(F)F)o2)cn1)c1cc(F)c(N2CCNCC2)cc1N(C=O)C1COC1. The van der Waals surface area contributed by atoms with Gasteiger partial charge in [-0.3, -0.25) is 9.78 Å². The molecule has 1 N–H and O–H groups in total. The average molecular weight is 518 g/mol. The number of amides is 1. The van der Waals surface area contributed by atoms with Crippen molar-refractivity contribution in [2.24, 2.45) is 0 Å². The number of carbonyl (C=O) groups is 1. The van der Waals surface area contributed by atoms with E-state index in [4.69, 9.17) is 9.15 Å². The van der Waals surface area contributed by atoms with Crippen LogP contribution in [0.1, 0.15) is 18.0 Å². The smallest absolute Gasteiger partial charge is 0.314 e. The minimum atomic E-state index is -2.85. The lowest BCUT2D eigenvalue weighted by Gasteiger charge is -2.38. The van der Waals surface area contributed by atoms with Gasteiger partial charge < -0.3 is 29.2 Å². The summed E-state index contributed by atoms with van der Waals surface area (Å²) in [7, 11) is 1.78. The van der Waals surface area contributed by atoms with Crippen LogP contribution in [0.5, 0.6) is 0 Å². The number of halogens is 3. The third-order valence-corrected chi connectivity index (χ3v) is 6.42. The highest BCUT2D eigenvalue weighted by molar-refractivity contribution is 5.87. The number of nitrogens with one attached hydrogen (secondary N) is 1. The second-order valence-corrected chi connectivity index (χ2v) is 8.87. The quantitative estimate of drug-likeness (QED) is 0.430. The van der Waals surface area contributed by atoms with Gasteiger partial charge in [0.2, 0.25) is 12.3 Å². The van der Waals surface area contributed by atoms with Crippen molar-refractivity contribution in [2.75, 3.05) is 61.1 Å². The zero-order valence-corrected chi connectivity index (χ0v) is 20.1. The first-order valence-corrected chi connectivity index (χ1v) is 11.8. The van der Waals surface area contributed by atoms with E-state index in [2.05, 4.69) is 20.5 Å². The average Bonchev–Trinajstić information content (AvgIpc) is 3.38. The summed E-state index contributed by atoms with van der Waals surface area (Å²) in [6, 6.07) is 6.38. The fraction of sp³-hybridized carbons (Fsp3) is 0.417. The maximum Gasteiger partial charge on any atom is 0.314 e. The van der Waals surface area contributed by atoms with Crippen LogP contribution in [-0.4, -0.2) is 74.1 Å². The van der Waals surface area contributed by atoms with Gasteiger partial charge in [-0.1, -0.05) is 0 Å². The van der Waals surface area contributed by atoms with Crippen molar-refractivity contribution >= 4 is 23.5 Å². The van der Waals surface area contributed by atoms with E-state index in [1.165, 1.54) is 12.3 Å². The number of hydrogen-bond donors (Lipinski definition) is 1. The molecule has 2 aliphatic rings. The standard InChI is InChI=1S/C24H26F3N7O3/c1-32(11-16-3-2-15(10-29-16)23-30-31-24(37-23)22(26)27)20-8-18(25)19(33-6-4-28-5-7-33)9-21(20)34(14-35)17-12-36-13-17/h2-3,8-10,14,17,22,28H,4-7,11-13H2,1H3. The number of rotatable bonds is 9. The topological polar surface area (TPSA) is 99.9 Å². The molecule has 2 aromatic heterocycles. The molecule has 0 bridgehead atoms.